The summed E-state index contributed by atoms with van der Waals surface area (Å²) in [4.78, 5) is 146. The van der Waals surface area contributed by atoms with Crippen LogP contribution in [0.1, 0.15) is 91.0 Å². The fraction of sp³-hybridized carbons (Fsp3) is 0.578. The van der Waals surface area contributed by atoms with E-state index in [2.05, 4.69) is 42.2 Å². The van der Waals surface area contributed by atoms with Crippen LogP contribution in [0, 0.1) is 11.8 Å². The summed E-state index contributed by atoms with van der Waals surface area (Å²) in [5.41, 5.74) is 18.1. The fourth-order valence-electron chi connectivity index (χ4n) is 7.20. The maximum absolute atomic E-state index is 14.3. The highest BCUT2D eigenvalue weighted by Crippen LogP contribution is 2.20. The minimum atomic E-state index is -1.84. The van der Waals surface area contributed by atoms with E-state index >= 15 is 0 Å². The Hall–Kier alpha value is -7.19. The molecule has 1 aromatic carbocycles. The number of nitrogens with two attached hydrogens (primary N) is 3. The van der Waals surface area contributed by atoms with Crippen LogP contribution in [0.2, 0.25) is 0 Å². The van der Waals surface area contributed by atoms with Gasteiger partial charge in [0, 0.05) is 29.9 Å². The van der Waals surface area contributed by atoms with E-state index < -0.39 is 139 Å². The number of para-hydroxylation sites is 1. The number of H-pyrrole nitrogens is 1. The summed E-state index contributed by atoms with van der Waals surface area (Å²) < 4.78 is 0. The molecule has 0 aliphatic heterocycles. The summed E-state index contributed by atoms with van der Waals surface area (Å²) in [7, 11) is 0. The van der Waals surface area contributed by atoms with Gasteiger partial charge in [0.05, 0.1) is 25.5 Å². The Labute approximate surface area is 409 Å². The zero-order chi connectivity index (χ0) is 53.5. The molecule has 0 aliphatic rings. The van der Waals surface area contributed by atoms with Crippen molar-refractivity contribution in [2.45, 2.75) is 140 Å². The molecular weight excluding hydrogens is 935 g/mol. The van der Waals surface area contributed by atoms with E-state index in [4.69, 9.17) is 22.3 Å². The number of aliphatic hydroxyl groups is 1. The van der Waals surface area contributed by atoms with Crippen LogP contribution >= 0.6 is 0 Å². The maximum atomic E-state index is 14.3. The molecule has 1 heterocycles. The van der Waals surface area contributed by atoms with E-state index in [0.717, 1.165) is 0 Å². The summed E-state index contributed by atoms with van der Waals surface area (Å²) >= 11 is 0. The number of carboxylic acid groups (broad SMARTS) is 3. The Balaban J connectivity index is 2.51. The summed E-state index contributed by atoms with van der Waals surface area (Å²) in [6.07, 6.45) is -0.893. The van der Waals surface area contributed by atoms with Gasteiger partial charge in [0.25, 0.3) is 0 Å². The molecule has 0 bridgehead atoms. The van der Waals surface area contributed by atoms with Gasteiger partial charge in [0.15, 0.2) is 0 Å². The number of amides is 8. The van der Waals surface area contributed by atoms with Crippen LogP contribution in [0.5, 0.6) is 0 Å². The summed E-state index contributed by atoms with van der Waals surface area (Å²) in [5.74, 6) is -13.0. The van der Waals surface area contributed by atoms with Crippen molar-refractivity contribution in [1.82, 2.24) is 42.2 Å². The molecule has 0 saturated heterocycles. The molecule has 394 valence electrons. The molecule has 8 atom stereocenters. The molecular formula is C45H69N11O15. The average molecular weight is 1000 g/mol. The van der Waals surface area contributed by atoms with Crippen molar-refractivity contribution < 1.29 is 73.2 Å². The predicted octanol–water partition coefficient (Wildman–Crippen LogP) is -3.06. The fourth-order valence-corrected chi connectivity index (χ4v) is 7.20. The SMILES string of the molecule is CC(C)C[C@H](NC(=O)[C@H](CO)NC(=O)[C@H](CC(N)=O)NC(=O)[C@H](Cc1c[nH]c2ccccc12)NC(=O)[C@H](CCCCN)NC(=O)[C@H](CC(=O)O)NC(=O)[C@H](CC(C)C)NC(=O)[C@@H](N)CCC(=O)O)C(=O)O. The van der Waals surface area contributed by atoms with Crippen LogP contribution in [-0.4, -0.2) is 152 Å². The second-order valence-electron chi connectivity index (χ2n) is 17.9. The predicted molar refractivity (Wildman–Crippen MR) is 253 cm³/mol. The number of hydrogen-bond donors (Lipinski definition) is 15. The van der Waals surface area contributed by atoms with Gasteiger partial charge in [-0.15, -0.1) is 0 Å². The Morgan fingerprint density at radius 3 is 1.61 bits per heavy atom. The monoisotopic (exact) mass is 1000 g/mol. The number of primary amides is 1. The summed E-state index contributed by atoms with van der Waals surface area (Å²) in [5, 5.41) is 55.5. The van der Waals surface area contributed by atoms with Gasteiger partial charge >= 0.3 is 17.9 Å². The first-order valence-corrected chi connectivity index (χ1v) is 23.1. The maximum Gasteiger partial charge on any atom is 0.326 e. The number of carboxylic acids is 3. The van der Waals surface area contributed by atoms with Crippen LogP contribution in [0.15, 0.2) is 30.5 Å². The van der Waals surface area contributed by atoms with Gasteiger partial charge in [-0.1, -0.05) is 45.9 Å². The Morgan fingerprint density at radius 1 is 0.577 bits per heavy atom. The van der Waals surface area contributed by atoms with Crippen LogP contribution in [-0.2, 0) is 59.2 Å². The van der Waals surface area contributed by atoms with E-state index in [9.17, 15) is 68.1 Å². The Kier molecular flexibility index (Phi) is 25.1. The summed E-state index contributed by atoms with van der Waals surface area (Å²) in [6, 6.07) is -5.74. The van der Waals surface area contributed by atoms with Gasteiger partial charge in [0.1, 0.15) is 42.3 Å². The number of aromatic nitrogens is 1. The molecule has 0 spiro atoms. The number of aliphatic carboxylic acids is 3. The number of aromatic amines is 1. The van der Waals surface area contributed by atoms with Crippen molar-refractivity contribution in [3.8, 4) is 0 Å². The molecule has 2 aromatic rings. The molecule has 71 heavy (non-hydrogen) atoms. The number of hydrogen-bond acceptors (Lipinski definition) is 14. The lowest BCUT2D eigenvalue weighted by molar-refractivity contribution is -0.143. The van der Waals surface area contributed by atoms with Gasteiger partial charge in [0.2, 0.25) is 47.3 Å². The van der Waals surface area contributed by atoms with Crippen molar-refractivity contribution in [2.75, 3.05) is 13.2 Å². The highest BCUT2D eigenvalue weighted by molar-refractivity contribution is 5.99. The lowest BCUT2D eigenvalue weighted by Crippen LogP contribution is -2.61. The number of carbonyl (C=O) groups is 11. The molecule has 0 aliphatic carbocycles. The topological polar surface area (TPSA) is 447 Å². The zero-order valence-corrected chi connectivity index (χ0v) is 40.2. The molecule has 0 saturated carbocycles. The Bertz CT molecular complexity index is 2200. The van der Waals surface area contributed by atoms with Crippen molar-refractivity contribution in [3.63, 3.8) is 0 Å². The smallest absolute Gasteiger partial charge is 0.326 e. The first-order valence-electron chi connectivity index (χ1n) is 23.1. The van der Waals surface area contributed by atoms with Crippen LogP contribution in [0.3, 0.4) is 0 Å². The molecule has 2 rings (SSSR count). The van der Waals surface area contributed by atoms with E-state index in [1.54, 1.807) is 58.2 Å². The standard InChI is InChI=1S/C45H69N11O15/c1-22(2)15-29(51-38(63)26(47)12-13-36(59)60)40(65)54-32(19-37(61)62)43(68)50-28(11-7-8-14-46)39(64)52-30(17-24-20-49-27-10-6-5-9-25(24)27)41(66)53-31(18-35(48)58)42(67)56-34(21-57)44(69)55-33(45(70)71)16-23(3)4/h5-6,9-10,20,22-23,26,28-34,49,57H,7-8,11-19,21,46-47H2,1-4H3,(H2,48,58)(H,50,68)(H,51,63)(H,52,64)(H,53,66)(H,54,65)(H,55,69)(H,56,67)(H,59,60)(H,61,62)(H,70,71)/t26-,28-,29-,30-,31-,32-,33-,34-/m0/s1. The van der Waals surface area contributed by atoms with Gasteiger partial charge in [-0.2, -0.15) is 0 Å². The normalized spacial score (nSPS) is 14.6. The first-order chi connectivity index (χ1) is 33.4. The molecule has 8 amide bonds. The van der Waals surface area contributed by atoms with Gasteiger partial charge in [-0.05, 0) is 68.5 Å². The third kappa shape index (κ3) is 21.1. The van der Waals surface area contributed by atoms with Crippen LogP contribution in [0.25, 0.3) is 10.9 Å². The molecule has 0 unspecified atom stereocenters. The van der Waals surface area contributed by atoms with Crippen LogP contribution < -0.4 is 54.4 Å². The van der Waals surface area contributed by atoms with Crippen molar-refractivity contribution in [2.24, 2.45) is 29.0 Å². The lowest BCUT2D eigenvalue weighted by atomic mass is 10.0. The number of aliphatic hydroxyl groups excluding tert-OH is 1. The molecule has 26 nitrogen and oxygen atoms in total. The third-order valence-electron chi connectivity index (χ3n) is 10.8. The van der Waals surface area contributed by atoms with Crippen molar-refractivity contribution in [1.29, 1.82) is 0 Å². The lowest BCUT2D eigenvalue weighted by Gasteiger charge is -2.27. The first kappa shape index (κ1) is 59.9. The van der Waals surface area contributed by atoms with E-state index in [1.807, 2.05) is 0 Å². The third-order valence-corrected chi connectivity index (χ3v) is 10.8. The van der Waals surface area contributed by atoms with E-state index in [-0.39, 0.29) is 56.9 Å². The second-order valence-corrected chi connectivity index (χ2v) is 17.9. The minimum absolute atomic E-state index is 0.00369. The molecule has 0 fully saturated rings. The number of carbonyl (C=O) groups excluding carboxylic acids is 8. The summed E-state index contributed by atoms with van der Waals surface area (Å²) in [6.45, 7) is 5.97. The molecule has 0 radical (unpaired) electrons. The largest absolute Gasteiger partial charge is 0.481 e. The quantitative estimate of drug-likeness (QED) is 0.0316. The van der Waals surface area contributed by atoms with Crippen molar-refractivity contribution >= 4 is 76.1 Å². The van der Waals surface area contributed by atoms with E-state index in [0.29, 0.717) is 22.9 Å². The Morgan fingerprint density at radius 2 is 1.06 bits per heavy atom. The second kappa shape index (κ2) is 29.8. The minimum Gasteiger partial charge on any atom is -0.481 e. The number of fused-ring (bicyclic) bond motifs is 1. The number of rotatable bonds is 33. The number of benzene rings is 1. The van der Waals surface area contributed by atoms with Gasteiger partial charge in [-0.3, -0.25) is 47.9 Å². The molecule has 26 heteroatoms. The van der Waals surface area contributed by atoms with E-state index in [1.165, 1.54) is 0 Å². The zero-order valence-electron chi connectivity index (χ0n) is 40.2. The van der Waals surface area contributed by atoms with Gasteiger partial charge < -0.3 is 79.8 Å². The van der Waals surface area contributed by atoms with Gasteiger partial charge in [-0.25, -0.2) is 4.79 Å². The molecule has 1 aromatic heterocycles. The van der Waals surface area contributed by atoms with Crippen molar-refractivity contribution in [3.05, 3.63) is 36.0 Å². The highest BCUT2D eigenvalue weighted by Gasteiger charge is 2.36. The molecule has 18 N–H and O–H groups in total. The number of unbranched alkanes of at least 4 members (excludes halogenated alkanes) is 1. The van der Waals surface area contributed by atoms with Crippen LogP contribution in [0.4, 0.5) is 0 Å². The average Bonchev–Trinajstić information content (AvgIpc) is 3.69. The highest BCUT2D eigenvalue weighted by atomic mass is 16.4. The number of nitrogens with one attached hydrogen (secondary N) is 8.